The first kappa shape index (κ1) is 9.02. The van der Waals surface area contributed by atoms with E-state index in [2.05, 4.69) is 20.1 Å². The molecule has 0 aliphatic heterocycles. The quantitative estimate of drug-likeness (QED) is 0.428. The first-order valence-corrected chi connectivity index (χ1v) is 3.29. The van der Waals surface area contributed by atoms with Crippen molar-refractivity contribution in [2.45, 2.75) is 13.3 Å². The number of allylic oxidation sites excluding steroid dienone is 3. The van der Waals surface area contributed by atoms with Crippen LogP contribution in [-0.4, -0.2) is 7.11 Å². The van der Waals surface area contributed by atoms with Gasteiger partial charge in [-0.2, -0.15) is 0 Å². The molecule has 0 radical (unpaired) electrons. The summed E-state index contributed by atoms with van der Waals surface area (Å²) in [4.78, 5) is 0. The molecule has 0 aromatic rings. The highest BCUT2D eigenvalue weighted by Gasteiger charge is 1.83. The predicted molar refractivity (Wildman–Crippen MR) is 44.7 cm³/mol. The van der Waals surface area contributed by atoms with Crippen molar-refractivity contribution in [2.24, 2.45) is 0 Å². The van der Waals surface area contributed by atoms with Crippen molar-refractivity contribution in [2.75, 3.05) is 7.11 Å². The molecule has 0 rings (SSSR count). The van der Waals surface area contributed by atoms with Crippen LogP contribution in [0.2, 0.25) is 0 Å². The molecule has 0 spiro atoms. The van der Waals surface area contributed by atoms with Crippen LogP contribution >= 0.6 is 0 Å². The molecule has 0 aliphatic rings. The zero-order chi connectivity index (χ0) is 7.98. The van der Waals surface area contributed by atoms with Gasteiger partial charge in [-0.15, -0.1) is 0 Å². The number of hydrogen-bond donors (Lipinski definition) is 0. The lowest BCUT2D eigenvalue weighted by atomic mass is 10.2. The molecule has 0 amide bonds. The van der Waals surface area contributed by atoms with Gasteiger partial charge in [0.1, 0.15) is 5.76 Å². The molecule has 0 N–H and O–H groups in total. The van der Waals surface area contributed by atoms with Gasteiger partial charge in [-0.25, -0.2) is 0 Å². The van der Waals surface area contributed by atoms with Crippen molar-refractivity contribution in [3.63, 3.8) is 0 Å². The normalized spacial score (nSPS) is 9.80. The fourth-order valence-corrected chi connectivity index (χ4v) is 0.397. The van der Waals surface area contributed by atoms with Crippen LogP contribution in [0.1, 0.15) is 13.3 Å². The minimum absolute atomic E-state index is 0.662. The van der Waals surface area contributed by atoms with E-state index in [0.29, 0.717) is 5.76 Å². The minimum Gasteiger partial charge on any atom is -0.497 e. The highest BCUT2D eigenvalue weighted by molar-refractivity contribution is 5.20. The second kappa shape index (κ2) is 4.86. The second-order valence-corrected chi connectivity index (χ2v) is 2.02. The third kappa shape index (κ3) is 3.96. The van der Waals surface area contributed by atoms with Crippen LogP contribution in [0.25, 0.3) is 0 Å². The Morgan fingerprint density at radius 3 is 2.40 bits per heavy atom. The fraction of sp³-hybridized carbons (Fsp3) is 0.333. The third-order valence-electron chi connectivity index (χ3n) is 1.22. The first-order chi connectivity index (χ1) is 4.70. The van der Waals surface area contributed by atoms with Crippen LogP contribution < -0.4 is 0 Å². The summed E-state index contributed by atoms with van der Waals surface area (Å²) in [7, 11) is 1.60. The van der Waals surface area contributed by atoms with Gasteiger partial charge in [-0.3, -0.25) is 0 Å². The lowest BCUT2D eigenvalue weighted by Crippen LogP contribution is -1.77. The van der Waals surface area contributed by atoms with Gasteiger partial charge in [-0.05, 0) is 12.5 Å². The van der Waals surface area contributed by atoms with Gasteiger partial charge >= 0.3 is 0 Å². The molecular formula is C9H14O. The smallest absolute Gasteiger partial charge is 0.111 e. The molecule has 0 saturated heterocycles. The average Bonchev–Trinajstić information content (AvgIpc) is 1.99. The topological polar surface area (TPSA) is 9.23 Å². The van der Waals surface area contributed by atoms with E-state index < -0.39 is 0 Å². The maximum absolute atomic E-state index is 4.82. The molecule has 0 aliphatic carbocycles. The summed E-state index contributed by atoms with van der Waals surface area (Å²) >= 11 is 0. The monoisotopic (exact) mass is 138 g/mol. The molecule has 1 heteroatoms. The van der Waals surface area contributed by atoms with E-state index in [1.807, 2.05) is 12.2 Å². The largest absolute Gasteiger partial charge is 0.497 e. The lowest BCUT2D eigenvalue weighted by molar-refractivity contribution is 0.309. The van der Waals surface area contributed by atoms with Gasteiger partial charge in [0.25, 0.3) is 0 Å². The fourth-order valence-electron chi connectivity index (χ4n) is 0.397. The van der Waals surface area contributed by atoms with Gasteiger partial charge in [-0.1, -0.05) is 31.7 Å². The van der Waals surface area contributed by atoms with Crippen LogP contribution in [0.5, 0.6) is 0 Å². The van der Waals surface area contributed by atoms with Gasteiger partial charge in [0.05, 0.1) is 7.11 Å². The van der Waals surface area contributed by atoms with E-state index in [4.69, 9.17) is 4.74 Å². The van der Waals surface area contributed by atoms with Crippen LogP contribution in [-0.2, 0) is 4.74 Å². The van der Waals surface area contributed by atoms with Crippen molar-refractivity contribution in [1.82, 2.24) is 0 Å². The standard InChI is InChI=1S/C9H14O/c1-5-8(2)6-7-9(3)10-4/h6-7H,2-3,5H2,1,4H3. The Labute approximate surface area is 62.7 Å². The van der Waals surface area contributed by atoms with E-state index in [1.54, 1.807) is 7.11 Å². The number of ether oxygens (including phenoxy) is 1. The summed E-state index contributed by atoms with van der Waals surface area (Å²) in [6.07, 6.45) is 4.69. The molecule has 0 atom stereocenters. The Morgan fingerprint density at radius 1 is 1.40 bits per heavy atom. The summed E-state index contributed by atoms with van der Waals surface area (Å²) in [6, 6.07) is 0. The Hall–Kier alpha value is -0.980. The molecule has 0 unspecified atom stereocenters. The molecule has 0 bridgehead atoms. The summed E-state index contributed by atoms with van der Waals surface area (Å²) in [6.45, 7) is 9.48. The van der Waals surface area contributed by atoms with Crippen molar-refractivity contribution >= 4 is 0 Å². The molecule has 56 valence electrons. The van der Waals surface area contributed by atoms with Crippen molar-refractivity contribution in [3.8, 4) is 0 Å². The van der Waals surface area contributed by atoms with Gasteiger partial charge in [0.2, 0.25) is 0 Å². The molecule has 0 aromatic carbocycles. The molecule has 0 saturated carbocycles. The zero-order valence-corrected chi connectivity index (χ0v) is 6.68. The van der Waals surface area contributed by atoms with E-state index in [1.165, 1.54) is 0 Å². The van der Waals surface area contributed by atoms with E-state index in [-0.39, 0.29) is 0 Å². The second-order valence-electron chi connectivity index (χ2n) is 2.02. The third-order valence-corrected chi connectivity index (χ3v) is 1.22. The van der Waals surface area contributed by atoms with E-state index >= 15 is 0 Å². The average molecular weight is 138 g/mol. The lowest BCUT2D eigenvalue weighted by Gasteiger charge is -1.95. The SMILES string of the molecule is C=C(C=CC(=C)OC)CC. The number of methoxy groups -OCH3 is 1. The Kier molecular flexibility index (Phi) is 4.38. The first-order valence-electron chi connectivity index (χ1n) is 3.29. The highest BCUT2D eigenvalue weighted by Crippen LogP contribution is 2.01. The van der Waals surface area contributed by atoms with E-state index in [9.17, 15) is 0 Å². The highest BCUT2D eigenvalue weighted by atomic mass is 16.5. The Bertz CT molecular complexity index is 136. The minimum atomic E-state index is 0.662. The Balaban J connectivity index is 3.75. The van der Waals surface area contributed by atoms with Gasteiger partial charge in [0.15, 0.2) is 0 Å². The van der Waals surface area contributed by atoms with Crippen LogP contribution in [0.15, 0.2) is 36.6 Å². The number of rotatable bonds is 4. The maximum Gasteiger partial charge on any atom is 0.111 e. The Morgan fingerprint density at radius 2 is 2.00 bits per heavy atom. The zero-order valence-electron chi connectivity index (χ0n) is 6.68. The summed E-state index contributed by atoms with van der Waals surface area (Å²) in [5.74, 6) is 0.662. The molecule has 10 heavy (non-hydrogen) atoms. The summed E-state index contributed by atoms with van der Waals surface area (Å²) < 4.78 is 4.82. The van der Waals surface area contributed by atoms with Crippen molar-refractivity contribution in [1.29, 1.82) is 0 Å². The predicted octanol–water partition coefficient (Wildman–Crippen LogP) is 2.67. The molecule has 0 heterocycles. The molecule has 0 aromatic heterocycles. The van der Waals surface area contributed by atoms with E-state index in [0.717, 1.165) is 12.0 Å². The van der Waals surface area contributed by atoms with Crippen LogP contribution in [0, 0.1) is 0 Å². The van der Waals surface area contributed by atoms with Gasteiger partial charge < -0.3 is 4.74 Å². The van der Waals surface area contributed by atoms with Crippen LogP contribution in [0.4, 0.5) is 0 Å². The molecule has 0 fully saturated rings. The van der Waals surface area contributed by atoms with Crippen molar-refractivity contribution in [3.05, 3.63) is 36.6 Å². The molecule has 1 nitrogen and oxygen atoms in total. The van der Waals surface area contributed by atoms with Crippen LogP contribution in [0.3, 0.4) is 0 Å². The van der Waals surface area contributed by atoms with Crippen molar-refractivity contribution < 1.29 is 4.74 Å². The number of hydrogen-bond acceptors (Lipinski definition) is 1. The molecular weight excluding hydrogens is 124 g/mol. The summed E-state index contributed by atoms with van der Waals surface area (Å²) in [5, 5.41) is 0. The van der Waals surface area contributed by atoms with Gasteiger partial charge in [0, 0.05) is 0 Å². The summed E-state index contributed by atoms with van der Waals surface area (Å²) in [5.41, 5.74) is 1.08. The maximum atomic E-state index is 4.82.